The number of carboxylic acids is 1. The lowest BCUT2D eigenvalue weighted by Gasteiger charge is -2.05. The molecule has 9 nitrogen and oxygen atoms in total. The number of hydrogen-bond acceptors (Lipinski definition) is 11. The smallest absolute Gasteiger partial charge is 0.338 e. The number of aliphatic carboxylic acids is 1. The minimum absolute atomic E-state index is 0.420. The summed E-state index contributed by atoms with van der Waals surface area (Å²) in [5.74, 6) is -0.288. The fourth-order valence-corrected chi connectivity index (χ4v) is 2.13. The van der Waals surface area contributed by atoms with Gasteiger partial charge in [-0.05, 0) is 36.9 Å². The molecule has 0 unspecified atom stereocenters. The first-order valence-electron chi connectivity index (χ1n) is 6.00. The summed E-state index contributed by atoms with van der Waals surface area (Å²) in [5, 5.41) is 8.27. The molecular formula is C10H22N2O7S4. The highest BCUT2D eigenvalue weighted by Gasteiger charge is 2.14. The fourth-order valence-electron chi connectivity index (χ4n) is 0.872. The zero-order valence-corrected chi connectivity index (χ0v) is 16.1. The Kier molecular flexibility index (Phi) is 23.3. The topological polar surface area (TPSA) is 167 Å². The Bertz CT molecular complexity index is 387. The van der Waals surface area contributed by atoms with Crippen molar-refractivity contribution < 1.29 is 31.5 Å². The van der Waals surface area contributed by atoms with E-state index in [4.69, 9.17) is 20.8 Å². The van der Waals surface area contributed by atoms with Crippen LogP contribution in [0.2, 0.25) is 0 Å². The average molecular weight is 411 g/mol. The summed E-state index contributed by atoms with van der Waals surface area (Å²) in [4.78, 5) is 20.8. The highest BCUT2D eigenvalue weighted by atomic mass is 32.2. The van der Waals surface area contributed by atoms with Crippen molar-refractivity contribution in [2.45, 2.75) is 24.9 Å². The van der Waals surface area contributed by atoms with Gasteiger partial charge in [-0.1, -0.05) is 0 Å². The molecule has 0 heterocycles. The number of carboxylic acid groups (broad SMARTS) is 1. The van der Waals surface area contributed by atoms with E-state index in [0.717, 1.165) is 5.75 Å². The van der Waals surface area contributed by atoms with Gasteiger partial charge in [-0.3, -0.25) is 4.79 Å². The Labute approximate surface area is 150 Å². The van der Waals surface area contributed by atoms with Gasteiger partial charge in [0.05, 0.1) is 0 Å². The number of nitrogens with two attached hydrogens (primary N) is 2. The van der Waals surface area contributed by atoms with E-state index < -0.39 is 35.0 Å². The monoisotopic (exact) mass is 410 g/mol. The Morgan fingerprint density at radius 3 is 1.78 bits per heavy atom. The number of carbonyl (C=O) groups is 2. The molecule has 0 fully saturated rings. The van der Waals surface area contributed by atoms with Crippen LogP contribution in [-0.4, -0.2) is 65.8 Å². The summed E-state index contributed by atoms with van der Waals surface area (Å²) >= 11 is 5.96. The largest absolute Gasteiger partial charge is 0.480 e. The summed E-state index contributed by atoms with van der Waals surface area (Å²) in [5.41, 5.74) is 10.5. The summed E-state index contributed by atoms with van der Waals surface area (Å²) < 4.78 is 31.6. The molecule has 0 aromatic heterocycles. The van der Waals surface area contributed by atoms with Crippen LogP contribution in [0.4, 0.5) is 0 Å². The molecule has 0 aliphatic rings. The van der Waals surface area contributed by atoms with Gasteiger partial charge in [-0.25, -0.2) is 4.79 Å². The third-order valence-electron chi connectivity index (χ3n) is 2.05. The van der Waals surface area contributed by atoms with Gasteiger partial charge in [-0.15, -0.1) is 0 Å². The van der Waals surface area contributed by atoms with Crippen molar-refractivity contribution in [1.82, 2.24) is 0 Å². The Morgan fingerprint density at radius 2 is 1.48 bits per heavy atom. The van der Waals surface area contributed by atoms with Crippen LogP contribution in [0.15, 0.2) is 0 Å². The number of rotatable bonds is 9. The second kappa shape index (κ2) is 19.6. The summed E-state index contributed by atoms with van der Waals surface area (Å²) in [6, 6.07) is -1.53. The molecule has 2 atom stereocenters. The molecule has 0 amide bonds. The molecule has 0 saturated carbocycles. The molecule has 0 rings (SSSR count). The van der Waals surface area contributed by atoms with Crippen LogP contribution >= 0.6 is 23.5 Å². The van der Waals surface area contributed by atoms with Crippen LogP contribution in [0.25, 0.3) is 0 Å². The lowest BCUT2D eigenvalue weighted by Crippen LogP contribution is -2.32. The molecule has 0 bridgehead atoms. The third kappa shape index (κ3) is 21.5. The maximum absolute atomic E-state index is 10.7. The quantitative estimate of drug-likeness (QED) is 0.341. The van der Waals surface area contributed by atoms with E-state index in [9.17, 15) is 18.0 Å². The first-order valence-corrected chi connectivity index (χ1v) is 10.2. The number of carbonyl (C=O) groups excluding carboxylic acids is 1. The predicted octanol–water partition coefficient (Wildman–Crippen LogP) is -1.05. The standard InChI is InChI=1S/C5H11NO4S2.C5H11NO2S.OS/c1-11-3-2-4(6)5(7)10-12(8)9;1-9-3-2-4(6)5(7)8;1-2/h4,12H,2-3,6H2,1H3;4H,2-3,6H2,1H3,(H,7,8);/t2*4-;/m00./s1. The van der Waals surface area contributed by atoms with Crippen LogP contribution in [0.5, 0.6) is 0 Å². The van der Waals surface area contributed by atoms with Crippen LogP contribution < -0.4 is 11.5 Å². The van der Waals surface area contributed by atoms with Crippen molar-refractivity contribution in [3.05, 3.63) is 0 Å². The van der Waals surface area contributed by atoms with Gasteiger partial charge in [0.25, 0.3) is 0 Å². The molecule has 0 aliphatic heterocycles. The molecule has 138 valence electrons. The third-order valence-corrected chi connectivity index (χ3v) is 3.67. The molecule has 13 heteroatoms. The Morgan fingerprint density at radius 1 is 1.09 bits per heavy atom. The van der Waals surface area contributed by atoms with Gasteiger partial charge < -0.3 is 20.8 Å². The molecule has 0 saturated heterocycles. The van der Waals surface area contributed by atoms with Crippen molar-refractivity contribution in [1.29, 1.82) is 0 Å². The van der Waals surface area contributed by atoms with Gasteiger partial charge in [0.2, 0.25) is 0 Å². The number of thiol groups is 1. The zero-order chi connectivity index (χ0) is 18.8. The van der Waals surface area contributed by atoms with Crippen LogP contribution in [0.1, 0.15) is 12.8 Å². The number of thioether (sulfide) groups is 2. The highest BCUT2D eigenvalue weighted by molar-refractivity contribution is 7.98. The number of hydrogen-bond donors (Lipinski definition) is 4. The van der Waals surface area contributed by atoms with E-state index in [0.29, 0.717) is 18.6 Å². The van der Waals surface area contributed by atoms with E-state index in [1.807, 2.05) is 12.5 Å². The van der Waals surface area contributed by atoms with Crippen molar-refractivity contribution in [3.63, 3.8) is 0 Å². The van der Waals surface area contributed by atoms with Crippen LogP contribution in [0.3, 0.4) is 0 Å². The first-order chi connectivity index (χ1) is 10.8. The van der Waals surface area contributed by atoms with Gasteiger partial charge >= 0.3 is 22.9 Å². The molecule has 0 aromatic carbocycles. The minimum atomic E-state index is -3.12. The van der Waals surface area contributed by atoms with Gasteiger partial charge in [0.15, 0.2) is 12.5 Å². The lowest BCUT2D eigenvalue weighted by atomic mass is 10.2. The Hall–Kier alpha value is -0.470. The molecule has 5 N–H and O–H groups in total. The average Bonchev–Trinajstić information content (AvgIpc) is 2.51. The van der Waals surface area contributed by atoms with E-state index in [2.05, 4.69) is 16.7 Å². The van der Waals surface area contributed by atoms with Crippen molar-refractivity contribution in [3.8, 4) is 0 Å². The maximum Gasteiger partial charge on any atom is 0.338 e. The summed E-state index contributed by atoms with van der Waals surface area (Å²) in [7, 11) is -3.12. The van der Waals surface area contributed by atoms with E-state index in [-0.39, 0.29) is 0 Å². The summed E-state index contributed by atoms with van der Waals surface area (Å²) in [6.07, 6.45) is 4.76. The predicted molar refractivity (Wildman–Crippen MR) is 94.1 cm³/mol. The summed E-state index contributed by atoms with van der Waals surface area (Å²) in [6.45, 7) is 0. The van der Waals surface area contributed by atoms with Gasteiger partial charge in [0.1, 0.15) is 12.1 Å². The molecule has 23 heavy (non-hydrogen) atoms. The van der Waals surface area contributed by atoms with Crippen molar-refractivity contribution in [2.75, 3.05) is 24.0 Å². The fraction of sp³-hybridized carbons (Fsp3) is 0.800. The maximum atomic E-state index is 10.7. The van der Waals surface area contributed by atoms with Crippen LogP contribution in [0, 0.1) is 0 Å². The van der Waals surface area contributed by atoms with E-state index >= 15 is 0 Å². The molecule has 0 aliphatic carbocycles. The molecular weight excluding hydrogens is 388 g/mol. The SMILES string of the molecule is CSCC[C@H](N)C(=O)O.CSCC[C@H](N)C(=O)O[SH](=O)=O.O=S. The van der Waals surface area contributed by atoms with Crippen molar-refractivity contribution in [2.24, 2.45) is 11.5 Å². The molecule has 0 aromatic rings. The van der Waals surface area contributed by atoms with Gasteiger partial charge in [-0.2, -0.15) is 36.2 Å². The normalized spacial score (nSPS) is 12.0. The van der Waals surface area contributed by atoms with Crippen molar-refractivity contribution >= 4 is 59.0 Å². The second-order valence-corrected chi connectivity index (χ2v) is 6.35. The minimum Gasteiger partial charge on any atom is -0.480 e. The first kappa shape index (κ1) is 27.4. The van der Waals surface area contributed by atoms with E-state index in [1.54, 1.807) is 11.8 Å². The highest BCUT2D eigenvalue weighted by Crippen LogP contribution is 2.00. The lowest BCUT2D eigenvalue weighted by molar-refractivity contribution is -0.138. The zero-order valence-electron chi connectivity index (χ0n) is 12.7. The van der Waals surface area contributed by atoms with Crippen LogP contribution in [-0.2, 0) is 37.3 Å². The van der Waals surface area contributed by atoms with Gasteiger partial charge in [0, 0.05) is 0 Å². The van der Waals surface area contributed by atoms with E-state index in [1.165, 1.54) is 11.8 Å². The Balaban J connectivity index is -0.000000324. The second-order valence-electron chi connectivity index (χ2n) is 3.75. The molecule has 0 spiro atoms. The molecule has 0 radical (unpaired) electrons.